The molecule has 3 rings (SSSR count). The molecular formula is C23H23BrFNO3. The normalized spacial score (nSPS) is 24.3. The number of benzene rings is 2. The van der Waals surface area contributed by atoms with Gasteiger partial charge in [0.2, 0.25) is 0 Å². The van der Waals surface area contributed by atoms with Crippen LogP contribution in [0.15, 0.2) is 64.3 Å². The predicted octanol–water partition coefficient (Wildman–Crippen LogP) is 4.99. The number of carbonyl (C=O) groups excluding carboxylic acids is 2. The summed E-state index contributed by atoms with van der Waals surface area (Å²) in [7, 11) is 0. The van der Waals surface area contributed by atoms with Crippen molar-refractivity contribution in [2.24, 2.45) is 5.92 Å². The van der Waals surface area contributed by atoms with E-state index in [1.165, 1.54) is 26.0 Å². The number of hydrogen-bond acceptors (Lipinski definition) is 4. The highest BCUT2D eigenvalue weighted by molar-refractivity contribution is 9.10. The number of nitrogens with one attached hydrogen (secondary N) is 1. The van der Waals surface area contributed by atoms with Gasteiger partial charge in [0.05, 0.1) is 11.5 Å². The fourth-order valence-electron chi connectivity index (χ4n) is 4.26. The van der Waals surface area contributed by atoms with Crippen LogP contribution in [0.1, 0.15) is 38.7 Å². The Morgan fingerprint density at radius 2 is 1.83 bits per heavy atom. The van der Waals surface area contributed by atoms with Gasteiger partial charge in [-0.3, -0.25) is 9.59 Å². The van der Waals surface area contributed by atoms with Gasteiger partial charge >= 0.3 is 0 Å². The van der Waals surface area contributed by atoms with E-state index in [-0.39, 0.29) is 18.0 Å². The Balaban J connectivity index is 2.21. The van der Waals surface area contributed by atoms with Gasteiger partial charge in [-0.05, 0) is 62.7 Å². The van der Waals surface area contributed by atoms with E-state index >= 15 is 0 Å². The van der Waals surface area contributed by atoms with Crippen LogP contribution in [0.3, 0.4) is 0 Å². The minimum Gasteiger partial charge on any atom is -0.389 e. The molecule has 1 aliphatic rings. The van der Waals surface area contributed by atoms with Crippen LogP contribution in [-0.2, 0) is 9.59 Å². The smallest absolute Gasteiger partial charge is 0.158 e. The molecular weight excluding hydrogens is 437 g/mol. The number of allylic oxidation sites excluding steroid dienone is 1. The van der Waals surface area contributed by atoms with Gasteiger partial charge in [-0.25, -0.2) is 4.39 Å². The molecule has 4 nitrogen and oxygen atoms in total. The standard InChI is InChI=1S/C23H23BrFNO3/c1-13(27)20-19(26-18-9-7-16(24)8-10-18)12-23(3,29)22(14(2)28)21(20)15-5-4-6-17(25)11-15/h4-11,21-22,26,29H,12H2,1-3H3/t21-,22+,23+/m1/s1. The summed E-state index contributed by atoms with van der Waals surface area (Å²) in [5.41, 5.74) is 0.767. The van der Waals surface area contributed by atoms with Gasteiger partial charge in [0.15, 0.2) is 5.78 Å². The minimum absolute atomic E-state index is 0.105. The average molecular weight is 460 g/mol. The molecule has 0 amide bonds. The van der Waals surface area contributed by atoms with Gasteiger partial charge in [-0.15, -0.1) is 0 Å². The minimum atomic E-state index is -1.40. The molecule has 1 aliphatic carbocycles. The van der Waals surface area contributed by atoms with Crippen LogP contribution in [0.4, 0.5) is 10.1 Å². The number of anilines is 1. The van der Waals surface area contributed by atoms with Crippen LogP contribution in [0, 0.1) is 11.7 Å². The third-order valence-corrected chi connectivity index (χ3v) is 5.87. The SMILES string of the molecule is CC(=O)C1=C(Nc2ccc(Br)cc2)C[C@](C)(O)[C@@H](C(C)=O)[C@@H]1c1cccc(F)c1. The summed E-state index contributed by atoms with van der Waals surface area (Å²) in [5, 5.41) is 14.4. The van der Waals surface area contributed by atoms with Crippen LogP contribution in [0.5, 0.6) is 0 Å². The summed E-state index contributed by atoms with van der Waals surface area (Å²) in [6.45, 7) is 4.42. The Morgan fingerprint density at radius 3 is 2.38 bits per heavy atom. The van der Waals surface area contributed by atoms with Crippen LogP contribution >= 0.6 is 15.9 Å². The zero-order valence-electron chi connectivity index (χ0n) is 16.5. The fraction of sp³-hybridized carbons (Fsp3) is 0.304. The molecule has 2 aromatic rings. The number of aliphatic hydroxyl groups is 1. The summed E-state index contributed by atoms with van der Waals surface area (Å²) in [5.74, 6) is -2.53. The summed E-state index contributed by atoms with van der Waals surface area (Å²) in [4.78, 5) is 25.2. The van der Waals surface area contributed by atoms with Crippen LogP contribution < -0.4 is 5.32 Å². The molecule has 6 heteroatoms. The molecule has 0 aromatic heterocycles. The first-order chi connectivity index (χ1) is 13.6. The maximum absolute atomic E-state index is 14.0. The third kappa shape index (κ3) is 4.49. The van der Waals surface area contributed by atoms with Crippen molar-refractivity contribution in [3.05, 3.63) is 75.7 Å². The molecule has 0 spiro atoms. The first-order valence-corrected chi connectivity index (χ1v) is 10.1. The topological polar surface area (TPSA) is 66.4 Å². The van der Waals surface area contributed by atoms with Gasteiger partial charge in [0, 0.05) is 33.8 Å². The Morgan fingerprint density at radius 1 is 1.17 bits per heavy atom. The van der Waals surface area contributed by atoms with Crippen LogP contribution in [-0.4, -0.2) is 22.3 Å². The molecule has 2 aromatic carbocycles. The second-order valence-electron chi connectivity index (χ2n) is 7.74. The molecule has 2 N–H and O–H groups in total. The van der Waals surface area contributed by atoms with Crippen molar-refractivity contribution in [1.29, 1.82) is 0 Å². The quantitative estimate of drug-likeness (QED) is 0.660. The number of halogens is 2. The highest BCUT2D eigenvalue weighted by atomic mass is 79.9. The summed E-state index contributed by atoms with van der Waals surface area (Å²) in [6, 6.07) is 13.3. The monoisotopic (exact) mass is 459 g/mol. The predicted molar refractivity (Wildman–Crippen MR) is 114 cm³/mol. The third-order valence-electron chi connectivity index (χ3n) is 5.34. The molecule has 0 radical (unpaired) electrons. The number of carbonyl (C=O) groups is 2. The van der Waals surface area contributed by atoms with E-state index in [2.05, 4.69) is 21.2 Å². The zero-order valence-corrected chi connectivity index (χ0v) is 18.1. The van der Waals surface area contributed by atoms with Crippen molar-refractivity contribution < 1.29 is 19.1 Å². The van der Waals surface area contributed by atoms with E-state index in [9.17, 15) is 19.1 Å². The highest BCUT2D eigenvalue weighted by Crippen LogP contribution is 2.47. The van der Waals surface area contributed by atoms with Crippen molar-refractivity contribution >= 4 is 33.2 Å². The van der Waals surface area contributed by atoms with E-state index < -0.39 is 23.3 Å². The molecule has 0 saturated heterocycles. The molecule has 0 aliphatic heterocycles. The van der Waals surface area contributed by atoms with Crippen LogP contribution in [0.25, 0.3) is 0 Å². The number of rotatable bonds is 5. The molecule has 152 valence electrons. The fourth-order valence-corrected chi connectivity index (χ4v) is 4.52. The van der Waals surface area contributed by atoms with Gasteiger partial charge in [-0.2, -0.15) is 0 Å². The van der Waals surface area contributed by atoms with E-state index in [0.717, 1.165) is 10.2 Å². The summed E-state index contributed by atoms with van der Waals surface area (Å²) < 4.78 is 14.9. The largest absolute Gasteiger partial charge is 0.389 e. The Labute approximate surface area is 178 Å². The lowest BCUT2D eigenvalue weighted by atomic mass is 9.64. The summed E-state index contributed by atoms with van der Waals surface area (Å²) >= 11 is 3.39. The van der Waals surface area contributed by atoms with Gasteiger partial charge in [0.25, 0.3) is 0 Å². The number of ketones is 2. The first kappa shape index (κ1) is 21.4. The van der Waals surface area contributed by atoms with Crippen molar-refractivity contribution in [1.82, 2.24) is 0 Å². The van der Waals surface area contributed by atoms with Crippen molar-refractivity contribution in [2.45, 2.75) is 38.7 Å². The average Bonchev–Trinajstić information content (AvgIpc) is 2.61. The highest BCUT2D eigenvalue weighted by Gasteiger charge is 2.49. The number of Topliss-reactive ketones (excluding diaryl/α,β-unsaturated/α-hetero) is 2. The molecule has 3 atom stereocenters. The van der Waals surface area contributed by atoms with Crippen molar-refractivity contribution in [3.63, 3.8) is 0 Å². The molecule has 0 unspecified atom stereocenters. The second kappa shape index (κ2) is 8.20. The molecule has 0 fully saturated rings. The van der Waals surface area contributed by atoms with E-state index in [4.69, 9.17) is 0 Å². The Hall–Kier alpha value is -2.31. The van der Waals surface area contributed by atoms with Crippen LogP contribution in [0.2, 0.25) is 0 Å². The molecule has 0 saturated carbocycles. The number of hydrogen-bond donors (Lipinski definition) is 2. The lowest BCUT2D eigenvalue weighted by Crippen LogP contribution is -2.48. The van der Waals surface area contributed by atoms with Gasteiger partial charge in [-0.1, -0.05) is 28.1 Å². The zero-order chi connectivity index (χ0) is 21.3. The van der Waals surface area contributed by atoms with E-state index in [1.54, 1.807) is 19.1 Å². The van der Waals surface area contributed by atoms with Gasteiger partial charge < -0.3 is 10.4 Å². The van der Waals surface area contributed by atoms with E-state index in [1.807, 2.05) is 24.3 Å². The first-order valence-electron chi connectivity index (χ1n) is 9.35. The van der Waals surface area contributed by atoms with Gasteiger partial charge in [0.1, 0.15) is 11.6 Å². The molecule has 0 bridgehead atoms. The maximum atomic E-state index is 14.0. The Bertz CT molecular complexity index is 982. The Kier molecular flexibility index (Phi) is 6.05. The molecule has 0 heterocycles. The lowest BCUT2D eigenvalue weighted by molar-refractivity contribution is -0.131. The molecule has 29 heavy (non-hydrogen) atoms. The van der Waals surface area contributed by atoms with Crippen molar-refractivity contribution in [2.75, 3.05) is 5.32 Å². The van der Waals surface area contributed by atoms with E-state index in [0.29, 0.717) is 16.8 Å². The van der Waals surface area contributed by atoms with Crippen molar-refractivity contribution in [3.8, 4) is 0 Å². The maximum Gasteiger partial charge on any atom is 0.158 e. The lowest BCUT2D eigenvalue weighted by Gasteiger charge is -2.43. The summed E-state index contributed by atoms with van der Waals surface area (Å²) in [6.07, 6.45) is 0.105. The second-order valence-corrected chi connectivity index (χ2v) is 8.65.